The number of amides is 1. The van der Waals surface area contributed by atoms with Crippen molar-refractivity contribution in [3.05, 3.63) is 138 Å². The molecule has 4 heteroatoms. The van der Waals surface area contributed by atoms with Crippen molar-refractivity contribution in [3.63, 3.8) is 0 Å². The number of benzene rings is 4. The number of aromatic nitrogens is 1. The van der Waals surface area contributed by atoms with Gasteiger partial charge in [-0.25, -0.2) is 0 Å². The van der Waals surface area contributed by atoms with Crippen molar-refractivity contribution in [2.24, 2.45) is 0 Å². The Morgan fingerprint density at radius 3 is 1.53 bits per heavy atom. The molecule has 1 N–H and O–H groups in total. The average molecular weight is 624 g/mol. The molecule has 5 rings (SSSR count). The summed E-state index contributed by atoms with van der Waals surface area (Å²) in [5.41, 5.74) is 11.1. The minimum Gasteiger partial charge on any atom is -0.346 e. The quantitative estimate of drug-likeness (QED) is 0.178. The number of nitrogens with one attached hydrogen (secondary N) is 1. The molecule has 0 spiro atoms. The molecule has 0 saturated carbocycles. The molecule has 242 valence electrons. The lowest BCUT2D eigenvalue weighted by atomic mass is 9.85. The van der Waals surface area contributed by atoms with E-state index < -0.39 is 0 Å². The first-order valence-electron chi connectivity index (χ1n) is 16.6. The maximum Gasteiger partial charge on any atom is 0.270 e. The third-order valence-corrected chi connectivity index (χ3v) is 8.68. The van der Waals surface area contributed by atoms with Gasteiger partial charge in [0.15, 0.2) is 0 Å². The Balaban J connectivity index is 1.46. The number of hydrogen-bond donors (Lipinski definition) is 1. The van der Waals surface area contributed by atoms with Crippen LogP contribution < -0.4 is 5.32 Å². The molecule has 0 aliphatic carbocycles. The summed E-state index contributed by atoms with van der Waals surface area (Å²) >= 11 is 0. The highest BCUT2D eigenvalue weighted by Crippen LogP contribution is 2.35. The molecule has 1 unspecified atom stereocenters. The van der Waals surface area contributed by atoms with Crippen molar-refractivity contribution in [3.8, 4) is 33.4 Å². The average Bonchev–Trinajstić information content (AvgIpc) is 3.04. The van der Waals surface area contributed by atoms with Gasteiger partial charge in [-0.05, 0) is 100 Å². The van der Waals surface area contributed by atoms with Gasteiger partial charge in [0, 0.05) is 24.3 Å². The van der Waals surface area contributed by atoms with E-state index in [1.54, 1.807) is 0 Å². The van der Waals surface area contributed by atoms with Crippen LogP contribution in [0.1, 0.15) is 68.7 Å². The fraction of sp³-hybridized carbons (Fsp3) is 0.302. The van der Waals surface area contributed by atoms with Gasteiger partial charge in [-0.1, -0.05) is 126 Å². The Morgan fingerprint density at radius 2 is 1.11 bits per heavy atom. The van der Waals surface area contributed by atoms with Crippen molar-refractivity contribution in [1.29, 1.82) is 0 Å². The second-order valence-electron chi connectivity index (χ2n) is 15.0. The van der Waals surface area contributed by atoms with Gasteiger partial charge in [0.25, 0.3) is 5.91 Å². The lowest BCUT2D eigenvalue weighted by Crippen LogP contribution is -2.43. The highest BCUT2D eigenvalue weighted by molar-refractivity contribution is 5.93. The third-order valence-electron chi connectivity index (χ3n) is 8.68. The standard InChI is InChI=1S/C43H49N3O/c1-42(2,3)37-19-14-31(15-20-37)34-25-35(32-16-21-38(22-17-32)43(4,5)6)27-36(26-34)33-18-23-40(44-28-33)41(47)45-39(29-46(7)8)24-30-12-10-9-11-13-30/h9-23,25-28,39H,24,29H2,1-8H3,(H,45,47). The highest BCUT2D eigenvalue weighted by Gasteiger charge is 2.18. The molecule has 1 amide bonds. The van der Waals surface area contributed by atoms with Crippen LogP contribution in [0.3, 0.4) is 0 Å². The molecule has 1 atom stereocenters. The van der Waals surface area contributed by atoms with Gasteiger partial charge < -0.3 is 10.2 Å². The van der Waals surface area contributed by atoms with Gasteiger partial charge in [0.05, 0.1) is 0 Å². The fourth-order valence-electron chi connectivity index (χ4n) is 5.91. The molecule has 1 heterocycles. The van der Waals surface area contributed by atoms with Crippen LogP contribution in [0.2, 0.25) is 0 Å². The summed E-state index contributed by atoms with van der Waals surface area (Å²) in [7, 11) is 4.05. The summed E-state index contributed by atoms with van der Waals surface area (Å²) in [5.74, 6) is -0.161. The Labute approximate surface area is 281 Å². The number of hydrogen-bond acceptors (Lipinski definition) is 3. The molecule has 0 aliphatic heterocycles. The third kappa shape index (κ3) is 8.84. The topological polar surface area (TPSA) is 45.2 Å². The predicted octanol–water partition coefficient (Wildman–Crippen LogP) is 9.58. The van der Waals surface area contributed by atoms with Crippen LogP contribution in [0.4, 0.5) is 0 Å². The van der Waals surface area contributed by atoms with Crippen LogP contribution in [-0.4, -0.2) is 42.5 Å². The van der Waals surface area contributed by atoms with Crippen LogP contribution in [0.15, 0.2) is 115 Å². The van der Waals surface area contributed by atoms with E-state index in [-0.39, 0.29) is 22.8 Å². The Hall–Kier alpha value is -4.54. The number of likely N-dealkylation sites (N-methyl/N-ethyl adjacent to an activating group) is 1. The normalized spacial score (nSPS) is 12.6. The van der Waals surface area contributed by atoms with E-state index >= 15 is 0 Å². The van der Waals surface area contributed by atoms with Gasteiger partial charge in [0.1, 0.15) is 5.69 Å². The van der Waals surface area contributed by atoms with E-state index in [0.717, 1.165) is 35.2 Å². The largest absolute Gasteiger partial charge is 0.346 e. The van der Waals surface area contributed by atoms with Crippen LogP contribution in [-0.2, 0) is 17.3 Å². The van der Waals surface area contributed by atoms with E-state index in [1.165, 1.54) is 27.8 Å². The maximum absolute atomic E-state index is 13.4. The molecule has 0 aliphatic rings. The van der Waals surface area contributed by atoms with Crippen LogP contribution in [0.25, 0.3) is 33.4 Å². The molecule has 4 aromatic carbocycles. The lowest BCUT2D eigenvalue weighted by molar-refractivity contribution is 0.0925. The summed E-state index contributed by atoms with van der Waals surface area (Å²) in [6, 6.07) is 38.6. The molecule has 47 heavy (non-hydrogen) atoms. The van der Waals surface area contributed by atoms with Crippen molar-refractivity contribution >= 4 is 5.91 Å². The van der Waals surface area contributed by atoms with Crippen molar-refractivity contribution in [1.82, 2.24) is 15.2 Å². The first kappa shape index (κ1) is 33.8. The molecule has 0 bridgehead atoms. The number of carbonyl (C=O) groups is 1. The van der Waals surface area contributed by atoms with Crippen LogP contribution in [0, 0.1) is 0 Å². The zero-order valence-corrected chi connectivity index (χ0v) is 29.3. The zero-order valence-electron chi connectivity index (χ0n) is 29.3. The Bertz CT molecular complexity index is 1700. The SMILES string of the molecule is CN(C)CC(Cc1ccccc1)NC(=O)c1ccc(-c2cc(-c3ccc(C(C)(C)C)cc3)cc(-c3ccc(C(C)(C)C)cc3)c2)cn1. The smallest absolute Gasteiger partial charge is 0.270 e. The first-order chi connectivity index (χ1) is 22.3. The van der Waals surface area contributed by atoms with Crippen LogP contribution >= 0.6 is 0 Å². The summed E-state index contributed by atoms with van der Waals surface area (Å²) in [6.45, 7) is 14.2. The number of rotatable bonds is 9. The molecule has 0 radical (unpaired) electrons. The van der Waals surface area contributed by atoms with E-state index in [9.17, 15) is 4.79 Å². The summed E-state index contributed by atoms with van der Waals surface area (Å²) in [4.78, 5) is 20.1. The minimum absolute atomic E-state index is 0.0324. The van der Waals surface area contributed by atoms with E-state index in [1.807, 2.05) is 50.6 Å². The number of nitrogens with zero attached hydrogens (tertiary/aromatic N) is 2. The molecule has 0 saturated heterocycles. The highest BCUT2D eigenvalue weighted by atomic mass is 16.1. The lowest BCUT2D eigenvalue weighted by Gasteiger charge is -2.22. The van der Waals surface area contributed by atoms with Gasteiger partial charge in [-0.15, -0.1) is 0 Å². The van der Waals surface area contributed by atoms with E-state index in [0.29, 0.717) is 5.69 Å². The molecular formula is C43H49N3O. The summed E-state index contributed by atoms with van der Waals surface area (Å²) < 4.78 is 0. The molecule has 5 aromatic rings. The maximum atomic E-state index is 13.4. The van der Waals surface area contributed by atoms with Gasteiger partial charge >= 0.3 is 0 Å². The second-order valence-corrected chi connectivity index (χ2v) is 15.0. The first-order valence-corrected chi connectivity index (χ1v) is 16.6. The van der Waals surface area contributed by atoms with Crippen molar-refractivity contribution < 1.29 is 4.79 Å². The molecule has 4 nitrogen and oxygen atoms in total. The fourth-order valence-corrected chi connectivity index (χ4v) is 5.91. The van der Waals surface area contributed by atoms with Crippen LogP contribution in [0.5, 0.6) is 0 Å². The summed E-state index contributed by atoms with van der Waals surface area (Å²) in [5, 5.41) is 3.22. The second kappa shape index (κ2) is 14.1. The molecular weight excluding hydrogens is 574 g/mol. The number of pyridine rings is 1. The van der Waals surface area contributed by atoms with E-state index in [4.69, 9.17) is 0 Å². The zero-order chi connectivity index (χ0) is 33.8. The van der Waals surface area contributed by atoms with Gasteiger partial charge in [-0.3, -0.25) is 9.78 Å². The van der Waals surface area contributed by atoms with Crippen molar-refractivity contribution in [2.75, 3.05) is 20.6 Å². The number of carbonyl (C=O) groups excluding carboxylic acids is 1. The molecule has 1 aromatic heterocycles. The molecule has 0 fully saturated rings. The predicted molar refractivity (Wildman–Crippen MR) is 198 cm³/mol. The monoisotopic (exact) mass is 623 g/mol. The summed E-state index contributed by atoms with van der Waals surface area (Å²) in [6.07, 6.45) is 2.58. The van der Waals surface area contributed by atoms with Gasteiger partial charge in [0.2, 0.25) is 0 Å². The minimum atomic E-state index is -0.161. The van der Waals surface area contributed by atoms with E-state index in [2.05, 4.69) is 136 Å². The Kier molecular flexibility index (Phi) is 10.1. The van der Waals surface area contributed by atoms with Crippen molar-refractivity contribution in [2.45, 2.75) is 64.8 Å². The van der Waals surface area contributed by atoms with Gasteiger partial charge in [-0.2, -0.15) is 0 Å². The Morgan fingerprint density at radius 1 is 0.638 bits per heavy atom.